The lowest BCUT2D eigenvalue weighted by Crippen LogP contribution is -2.32. The molecule has 1 unspecified atom stereocenters. The molecule has 0 radical (unpaired) electrons. The van der Waals surface area contributed by atoms with Gasteiger partial charge in [0.2, 0.25) is 0 Å². The summed E-state index contributed by atoms with van der Waals surface area (Å²) < 4.78 is 1.36. The first-order valence-electron chi connectivity index (χ1n) is 8.40. The van der Waals surface area contributed by atoms with Gasteiger partial charge in [-0.1, -0.05) is 39.0 Å². The fraction of sp³-hybridized carbons (Fsp3) is 0.500. The lowest BCUT2D eigenvalue weighted by atomic mass is 10.1. The van der Waals surface area contributed by atoms with E-state index in [2.05, 4.69) is 10.4 Å². The van der Waals surface area contributed by atoms with Gasteiger partial charge in [0.05, 0.1) is 11.5 Å². The van der Waals surface area contributed by atoms with E-state index >= 15 is 0 Å². The van der Waals surface area contributed by atoms with E-state index < -0.39 is 6.10 Å². The molecule has 2 aromatic rings. The van der Waals surface area contributed by atoms with Crippen LogP contribution in [-0.2, 0) is 6.54 Å². The van der Waals surface area contributed by atoms with Crippen LogP contribution in [0.5, 0.6) is 0 Å². The Bertz CT molecular complexity index is 768. The second kappa shape index (κ2) is 8.06. The number of amides is 1. The third-order valence-electron chi connectivity index (χ3n) is 3.86. The molecule has 1 amide bonds. The van der Waals surface area contributed by atoms with Crippen LogP contribution < -0.4 is 10.9 Å². The number of hydrogen-bond donors (Lipinski definition) is 2. The molecule has 1 heterocycles. The number of fused-ring (bicyclic) bond motifs is 1. The second-order valence-corrected chi connectivity index (χ2v) is 6.38. The van der Waals surface area contributed by atoms with E-state index in [9.17, 15) is 14.7 Å². The zero-order chi connectivity index (χ0) is 17.7. The van der Waals surface area contributed by atoms with Gasteiger partial charge >= 0.3 is 0 Å². The molecule has 6 nitrogen and oxygen atoms in total. The van der Waals surface area contributed by atoms with Gasteiger partial charge in [0.1, 0.15) is 0 Å². The van der Waals surface area contributed by atoms with Gasteiger partial charge in [0.25, 0.3) is 11.5 Å². The number of aliphatic hydroxyl groups is 1. The molecular formula is C18H25N3O3. The number of nitrogens with zero attached hydrogens (tertiary/aromatic N) is 2. The van der Waals surface area contributed by atoms with Crippen molar-refractivity contribution in [3.05, 3.63) is 40.3 Å². The lowest BCUT2D eigenvalue weighted by molar-refractivity contribution is 0.0936. The number of aromatic nitrogens is 2. The predicted octanol–water partition coefficient (Wildman–Crippen LogP) is 1.94. The van der Waals surface area contributed by atoms with E-state index in [4.69, 9.17) is 0 Å². The monoisotopic (exact) mass is 331 g/mol. The third kappa shape index (κ3) is 4.20. The van der Waals surface area contributed by atoms with Gasteiger partial charge in [-0.2, -0.15) is 5.10 Å². The maximum atomic E-state index is 12.5. The van der Waals surface area contributed by atoms with Gasteiger partial charge in [-0.25, -0.2) is 4.68 Å². The molecule has 6 heteroatoms. The molecule has 0 saturated heterocycles. The van der Waals surface area contributed by atoms with Crippen molar-refractivity contribution in [1.82, 2.24) is 15.1 Å². The van der Waals surface area contributed by atoms with Crippen LogP contribution >= 0.6 is 0 Å². The highest BCUT2D eigenvalue weighted by atomic mass is 16.3. The Kier molecular flexibility index (Phi) is 6.09. The number of carbonyl (C=O) groups excluding carboxylic acids is 1. The van der Waals surface area contributed by atoms with E-state index in [0.717, 1.165) is 0 Å². The normalized spacial score (nSPS) is 12.5. The summed E-state index contributed by atoms with van der Waals surface area (Å²) in [4.78, 5) is 25.0. The summed E-state index contributed by atoms with van der Waals surface area (Å²) in [6.07, 6.45) is 0.715. The Morgan fingerprint density at radius 1 is 1.29 bits per heavy atom. The molecular weight excluding hydrogens is 306 g/mol. The Labute approximate surface area is 141 Å². The van der Waals surface area contributed by atoms with Crippen molar-refractivity contribution in [3.8, 4) is 0 Å². The van der Waals surface area contributed by atoms with Gasteiger partial charge in [-0.15, -0.1) is 0 Å². The number of benzene rings is 1. The maximum absolute atomic E-state index is 12.5. The van der Waals surface area contributed by atoms with Crippen molar-refractivity contribution in [3.63, 3.8) is 0 Å². The minimum Gasteiger partial charge on any atom is -0.393 e. The Morgan fingerprint density at radius 2 is 1.96 bits per heavy atom. The number of hydrogen-bond acceptors (Lipinski definition) is 4. The van der Waals surface area contributed by atoms with Crippen molar-refractivity contribution in [2.24, 2.45) is 5.92 Å². The van der Waals surface area contributed by atoms with Gasteiger partial charge in [0, 0.05) is 18.5 Å². The zero-order valence-corrected chi connectivity index (χ0v) is 14.5. The maximum Gasteiger partial charge on any atom is 0.274 e. The molecule has 1 aromatic heterocycles. The van der Waals surface area contributed by atoms with Crippen LogP contribution in [0.3, 0.4) is 0 Å². The van der Waals surface area contributed by atoms with E-state index in [0.29, 0.717) is 36.7 Å². The molecule has 0 spiro atoms. The molecule has 0 aliphatic carbocycles. The van der Waals surface area contributed by atoms with Crippen LogP contribution in [0.1, 0.15) is 44.1 Å². The minimum atomic E-state index is -0.426. The Hall–Kier alpha value is -2.21. The third-order valence-corrected chi connectivity index (χ3v) is 3.86. The first-order chi connectivity index (χ1) is 11.4. The summed E-state index contributed by atoms with van der Waals surface area (Å²) in [5.41, 5.74) is 0.0640. The summed E-state index contributed by atoms with van der Waals surface area (Å²) >= 11 is 0. The van der Waals surface area contributed by atoms with Gasteiger partial charge in [0.15, 0.2) is 5.69 Å². The molecule has 24 heavy (non-hydrogen) atoms. The standard InChI is InChI=1S/C18H25N3O3/c1-4-13(22)9-10-19-17(23)16-14-7-5-6-8-15(14)18(24)21(20-16)11-12(2)3/h5-8,12-13,22H,4,9-11H2,1-3H3,(H,19,23). The highest BCUT2D eigenvalue weighted by molar-refractivity contribution is 6.04. The van der Waals surface area contributed by atoms with Crippen LogP contribution in [-0.4, -0.2) is 33.4 Å². The fourth-order valence-corrected chi connectivity index (χ4v) is 2.51. The quantitative estimate of drug-likeness (QED) is 0.812. The fourth-order valence-electron chi connectivity index (χ4n) is 2.51. The molecule has 1 atom stereocenters. The molecule has 1 aromatic carbocycles. The van der Waals surface area contributed by atoms with Crippen molar-refractivity contribution in [1.29, 1.82) is 0 Å². The highest BCUT2D eigenvalue weighted by Crippen LogP contribution is 2.13. The van der Waals surface area contributed by atoms with Gasteiger partial charge in [-0.3, -0.25) is 9.59 Å². The van der Waals surface area contributed by atoms with E-state index in [1.807, 2.05) is 20.8 Å². The largest absolute Gasteiger partial charge is 0.393 e. The number of nitrogens with one attached hydrogen (secondary N) is 1. The second-order valence-electron chi connectivity index (χ2n) is 6.38. The summed E-state index contributed by atoms with van der Waals surface area (Å²) in [6.45, 7) is 6.71. The average molecular weight is 331 g/mol. The van der Waals surface area contributed by atoms with Crippen LogP contribution in [0.4, 0.5) is 0 Å². The SMILES string of the molecule is CCC(O)CCNC(=O)c1nn(CC(C)C)c(=O)c2ccccc12. The highest BCUT2D eigenvalue weighted by Gasteiger charge is 2.17. The van der Waals surface area contributed by atoms with Crippen LogP contribution in [0.2, 0.25) is 0 Å². The van der Waals surface area contributed by atoms with Crippen LogP contribution in [0, 0.1) is 5.92 Å². The molecule has 0 aliphatic heterocycles. The minimum absolute atomic E-state index is 0.183. The van der Waals surface area contributed by atoms with Gasteiger partial charge in [-0.05, 0) is 24.8 Å². The first kappa shape index (κ1) is 18.1. The van der Waals surface area contributed by atoms with Crippen molar-refractivity contribution in [2.45, 2.75) is 46.3 Å². The van der Waals surface area contributed by atoms with Crippen molar-refractivity contribution >= 4 is 16.7 Å². The Morgan fingerprint density at radius 3 is 2.58 bits per heavy atom. The summed E-state index contributed by atoms with van der Waals surface area (Å²) in [7, 11) is 0. The number of rotatable bonds is 7. The molecule has 0 saturated carbocycles. The smallest absolute Gasteiger partial charge is 0.274 e. The van der Waals surface area contributed by atoms with Gasteiger partial charge < -0.3 is 10.4 Å². The van der Waals surface area contributed by atoms with Crippen LogP contribution in [0.15, 0.2) is 29.1 Å². The molecule has 130 valence electrons. The van der Waals surface area contributed by atoms with Crippen molar-refractivity contribution in [2.75, 3.05) is 6.54 Å². The number of aliphatic hydroxyl groups excluding tert-OH is 1. The van der Waals surface area contributed by atoms with E-state index in [-0.39, 0.29) is 23.1 Å². The summed E-state index contributed by atoms with van der Waals surface area (Å²) in [5, 5.41) is 17.7. The van der Waals surface area contributed by atoms with Crippen molar-refractivity contribution < 1.29 is 9.90 Å². The van der Waals surface area contributed by atoms with E-state index in [1.165, 1.54) is 4.68 Å². The predicted molar refractivity (Wildman–Crippen MR) is 94.1 cm³/mol. The van der Waals surface area contributed by atoms with E-state index in [1.54, 1.807) is 24.3 Å². The first-order valence-corrected chi connectivity index (χ1v) is 8.40. The topological polar surface area (TPSA) is 84.2 Å². The summed E-state index contributed by atoms with van der Waals surface area (Å²) in [6, 6.07) is 7.02. The molecule has 2 N–H and O–H groups in total. The summed E-state index contributed by atoms with van der Waals surface area (Å²) in [5.74, 6) is -0.0843. The molecule has 2 rings (SSSR count). The molecule has 0 fully saturated rings. The molecule has 0 bridgehead atoms. The van der Waals surface area contributed by atoms with Crippen LogP contribution in [0.25, 0.3) is 10.8 Å². The zero-order valence-electron chi connectivity index (χ0n) is 14.5. The molecule has 0 aliphatic rings. The average Bonchev–Trinajstić information content (AvgIpc) is 2.56. The Balaban J connectivity index is 2.35. The number of carbonyl (C=O) groups is 1. The lowest BCUT2D eigenvalue weighted by Gasteiger charge is -2.13.